The maximum atomic E-state index is 13.6. The Bertz CT molecular complexity index is 453. The molecule has 0 bridgehead atoms. The summed E-state index contributed by atoms with van der Waals surface area (Å²) >= 11 is 0. The lowest BCUT2D eigenvalue weighted by Crippen LogP contribution is -2.31. The van der Waals surface area contributed by atoms with E-state index in [-0.39, 0.29) is 24.8 Å². The average molecular weight is 272 g/mol. The molecule has 1 aromatic carbocycles. The molecule has 0 aliphatic rings. The number of nitrogen functional groups attached to an aromatic ring is 1. The molecule has 0 fully saturated rings. The minimum Gasteiger partial charge on any atom is -0.396 e. The quantitative estimate of drug-likeness (QED) is 0.690. The van der Waals surface area contributed by atoms with E-state index in [0.29, 0.717) is 6.42 Å². The molecule has 0 heterocycles. The van der Waals surface area contributed by atoms with Crippen LogP contribution in [0.25, 0.3) is 0 Å². The third-order valence-corrected chi connectivity index (χ3v) is 3.01. The maximum absolute atomic E-state index is 13.6. The Morgan fingerprint density at radius 1 is 1.47 bits per heavy atom. The molecule has 4 nitrogen and oxygen atoms in total. The van der Waals surface area contributed by atoms with E-state index in [1.54, 1.807) is 0 Å². The standard InChI is InChI=1S/C13H18F2N2O2/c1-2-8(5-6-18)7-17-13(19)11-9(14)3-4-10(16)12(11)15/h3-4,8,18H,2,5-7,16H2,1H3,(H,17,19). The van der Waals surface area contributed by atoms with Gasteiger partial charge in [0, 0.05) is 13.2 Å². The summed E-state index contributed by atoms with van der Waals surface area (Å²) in [4.78, 5) is 11.8. The number of nitrogens with one attached hydrogen (secondary N) is 1. The first-order valence-electron chi connectivity index (χ1n) is 6.13. The van der Waals surface area contributed by atoms with Gasteiger partial charge in [-0.2, -0.15) is 0 Å². The van der Waals surface area contributed by atoms with Crippen LogP contribution < -0.4 is 11.1 Å². The van der Waals surface area contributed by atoms with Crippen LogP contribution in [0.5, 0.6) is 0 Å². The van der Waals surface area contributed by atoms with Crippen molar-refractivity contribution in [3.05, 3.63) is 29.3 Å². The highest BCUT2D eigenvalue weighted by Crippen LogP contribution is 2.18. The fraction of sp³-hybridized carbons (Fsp3) is 0.462. The highest BCUT2D eigenvalue weighted by Gasteiger charge is 2.20. The molecule has 4 N–H and O–H groups in total. The second kappa shape index (κ2) is 7.04. The zero-order valence-electron chi connectivity index (χ0n) is 10.7. The summed E-state index contributed by atoms with van der Waals surface area (Å²) in [5.41, 5.74) is 4.37. The Hall–Kier alpha value is -1.69. The summed E-state index contributed by atoms with van der Waals surface area (Å²) in [6, 6.07) is 2.03. The van der Waals surface area contributed by atoms with Gasteiger partial charge in [0.2, 0.25) is 0 Å². The topological polar surface area (TPSA) is 75.3 Å². The van der Waals surface area contributed by atoms with Crippen molar-refractivity contribution >= 4 is 11.6 Å². The Morgan fingerprint density at radius 3 is 2.74 bits per heavy atom. The van der Waals surface area contributed by atoms with Crippen molar-refractivity contribution in [3.63, 3.8) is 0 Å². The zero-order valence-corrected chi connectivity index (χ0v) is 10.7. The fourth-order valence-corrected chi connectivity index (χ4v) is 1.74. The van der Waals surface area contributed by atoms with Gasteiger partial charge >= 0.3 is 0 Å². The first-order valence-corrected chi connectivity index (χ1v) is 6.13. The van der Waals surface area contributed by atoms with Crippen LogP contribution in [0.4, 0.5) is 14.5 Å². The van der Waals surface area contributed by atoms with Crippen molar-refractivity contribution in [2.45, 2.75) is 19.8 Å². The SMILES string of the molecule is CCC(CCO)CNC(=O)c1c(F)ccc(N)c1F. The highest BCUT2D eigenvalue weighted by atomic mass is 19.1. The smallest absolute Gasteiger partial charge is 0.257 e. The van der Waals surface area contributed by atoms with Crippen LogP contribution in [-0.4, -0.2) is 24.2 Å². The lowest BCUT2D eigenvalue weighted by atomic mass is 10.0. The number of aliphatic hydroxyl groups is 1. The number of hydrogen-bond acceptors (Lipinski definition) is 3. The summed E-state index contributed by atoms with van der Waals surface area (Å²) in [6.07, 6.45) is 1.28. The van der Waals surface area contributed by atoms with E-state index in [0.717, 1.165) is 18.6 Å². The molecular formula is C13H18F2N2O2. The summed E-state index contributed by atoms with van der Waals surface area (Å²) < 4.78 is 27.0. The molecule has 1 aromatic rings. The molecule has 0 radical (unpaired) electrons. The molecular weight excluding hydrogens is 254 g/mol. The Morgan fingerprint density at radius 2 is 2.16 bits per heavy atom. The molecule has 6 heteroatoms. The second-order valence-electron chi connectivity index (χ2n) is 4.32. The van der Waals surface area contributed by atoms with Crippen molar-refractivity contribution in [2.24, 2.45) is 5.92 Å². The van der Waals surface area contributed by atoms with Crippen LogP contribution in [0.15, 0.2) is 12.1 Å². The van der Waals surface area contributed by atoms with E-state index in [9.17, 15) is 13.6 Å². The lowest BCUT2D eigenvalue weighted by molar-refractivity contribution is 0.0935. The van der Waals surface area contributed by atoms with Gasteiger partial charge in [0.05, 0.1) is 5.69 Å². The number of benzene rings is 1. The van der Waals surface area contributed by atoms with Gasteiger partial charge in [0.25, 0.3) is 5.91 Å². The van der Waals surface area contributed by atoms with Crippen LogP contribution in [0.3, 0.4) is 0 Å². The van der Waals surface area contributed by atoms with Crippen molar-refractivity contribution in [2.75, 3.05) is 18.9 Å². The lowest BCUT2D eigenvalue weighted by Gasteiger charge is -2.15. The number of aliphatic hydroxyl groups excluding tert-OH is 1. The van der Waals surface area contributed by atoms with Gasteiger partial charge in [-0.05, 0) is 24.5 Å². The first kappa shape index (κ1) is 15.4. The van der Waals surface area contributed by atoms with E-state index in [2.05, 4.69) is 5.32 Å². The molecule has 19 heavy (non-hydrogen) atoms. The molecule has 106 valence electrons. The van der Waals surface area contributed by atoms with E-state index < -0.39 is 23.1 Å². The highest BCUT2D eigenvalue weighted by molar-refractivity contribution is 5.95. The van der Waals surface area contributed by atoms with E-state index in [1.165, 1.54) is 0 Å². The average Bonchev–Trinajstić information content (AvgIpc) is 2.39. The molecule has 1 amide bonds. The van der Waals surface area contributed by atoms with Crippen LogP contribution in [0.2, 0.25) is 0 Å². The Kier molecular flexibility index (Phi) is 5.69. The molecule has 0 aliphatic carbocycles. The van der Waals surface area contributed by atoms with Crippen molar-refractivity contribution in [3.8, 4) is 0 Å². The Balaban J connectivity index is 2.76. The van der Waals surface area contributed by atoms with Crippen LogP contribution in [0.1, 0.15) is 30.1 Å². The molecule has 1 unspecified atom stereocenters. The van der Waals surface area contributed by atoms with Gasteiger partial charge in [-0.1, -0.05) is 13.3 Å². The van der Waals surface area contributed by atoms with E-state index in [4.69, 9.17) is 10.8 Å². The predicted molar refractivity (Wildman–Crippen MR) is 68.6 cm³/mol. The number of carbonyl (C=O) groups excluding carboxylic acids is 1. The molecule has 0 saturated carbocycles. The number of halogens is 2. The summed E-state index contributed by atoms with van der Waals surface area (Å²) in [5.74, 6) is -2.76. The minimum atomic E-state index is -1.05. The molecule has 0 spiro atoms. The van der Waals surface area contributed by atoms with Gasteiger partial charge in [-0.25, -0.2) is 8.78 Å². The minimum absolute atomic E-state index is 0.00931. The largest absolute Gasteiger partial charge is 0.396 e. The zero-order chi connectivity index (χ0) is 14.4. The van der Waals surface area contributed by atoms with Crippen LogP contribution in [-0.2, 0) is 0 Å². The van der Waals surface area contributed by atoms with E-state index >= 15 is 0 Å². The van der Waals surface area contributed by atoms with Crippen molar-refractivity contribution in [1.29, 1.82) is 0 Å². The Labute approximate surface area is 110 Å². The van der Waals surface area contributed by atoms with E-state index in [1.807, 2.05) is 6.92 Å². The number of amides is 1. The fourth-order valence-electron chi connectivity index (χ4n) is 1.74. The van der Waals surface area contributed by atoms with Gasteiger partial charge in [-0.15, -0.1) is 0 Å². The van der Waals surface area contributed by atoms with Crippen molar-refractivity contribution in [1.82, 2.24) is 5.32 Å². The number of hydrogen-bond donors (Lipinski definition) is 3. The normalized spacial score (nSPS) is 12.2. The second-order valence-corrected chi connectivity index (χ2v) is 4.32. The number of anilines is 1. The molecule has 1 atom stereocenters. The van der Waals surface area contributed by atoms with Gasteiger partial charge in [0.1, 0.15) is 11.4 Å². The predicted octanol–water partition coefficient (Wildman–Crippen LogP) is 1.69. The molecule has 0 aromatic heterocycles. The summed E-state index contributed by atoms with van der Waals surface area (Å²) in [7, 11) is 0. The number of rotatable bonds is 6. The third-order valence-electron chi connectivity index (χ3n) is 3.01. The number of nitrogens with two attached hydrogens (primary N) is 1. The van der Waals surface area contributed by atoms with Crippen molar-refractivity contribution < 1.29 is 18.7 Å². The van der Waals surface area contributed by atoms with Crippen LogP contribution in [0, 0.1) is 17.6 Å². The molecule has 0 saturated heterocycles. The summed E-state index contributed by atoms with van der Waals surface area (Å²) in [5, 5.41) is 11.3. The first-order chi connectivity index (χ1) is 9.01. The molecule has 1 rings (SSSR count). The van der Waals surface area contributed by atoms with Gasteiger partial charge in [-0.3, -0.25) is 4.79 Å². The monoisotopic (exact) mass is 272 g/mol. The molecule has 0 aliphatic heterocycles. The van der Waals surface area contributed by atoms with Gasteiger partial charge < -0.3 is 16.2 Å². The third kappa shape index (κ3) is 3.89. The van der Waals surface area contributed by atoms with Crippen LogP contribution >= 0.6 is 0 Å². The summed E-state index contributed by atoms with van der Waals surface area (Å²) in [6.45, 7) is 2.17. The number of carbonyl (C=O) groups is 1. The maximum Gasteiger partial charge on any atom is 0.257 e. The van der Waals surface area contributed by atoms with Gasteiger partial charge in [0.15, 0.2) is 5.82 Å².